The van der Waals surface area contributed by atoms with Crippen LogP contribution in [0.1, 0.15) is 30.9 Å². The lowest BCUT2D eigenvalue weighted by Gasteiger charge is -2.41. The van der Waals surface area contributed by atoms with E-state index in [9.17, 15) is 4.79 Å². The number of benzene rings is 2. The molecule has 8 nitrogen and oxygen atoms in total. The van der Waals surface area contributed by atoms with Gasteiger partial charge < -0.3 is 19.5 Å². The zero-order valence-electron chi connectivity index (χ0n) is 18.4. The predicted molar refractivity (Wildman–Crippen MR) is 119 cm³/mol. The molecule has 2 heterocycles. The number of hydrogen-bond acceptors (Lipinski definition) is 7. The van der Waals surface area contributed by atoms with Crippen LogP contribution in [0.25, 0.3) is 11.4 Å². The Balaban J connectivity index is 1.62. The van der Waals surface area contributed by atoms with Crippen molar-refractivity contribution < 1.29 is 19.0 Å². The van der Waals surface area contributed by atoms with Gasteiger partial charge in [0.15, 0.2) is 17.3 Å². The molecule has 1 N–H and O–H groups in total. The Hall–Kier alpha value is -3.55. The van der Waals surface area contributed by atoms with Crippen molar-refractivity contribution in [2.24, 2.45) is 5.92 Å². The third-order valence-corrected chi connectivity index (χ3v) is 6.39. The standard InChI is InChI=1S/C24H26N4O4/c1-30-16-10-7-14(8-11-16)23-26-24-25-17-5-4-6-18(29)21(17)22(28(24)27-23)15-9-12-19(31-2)20(13-15)32-3/h7-13,17,21-22H,4-6H2,1-3H3,(H,25,26,27). The van der Waals surface area contributed by atoms with Gasteiger partial charge in [0, 0.05) is 18.0 Å². The number of fused-ring (bicyclic) bond motifs is 2. The van der Waals surface area contributed by atoms with Crippen molar-refractivity contribution in [2.45, 2.75) is 31.3 Å². The fourth-order valence-electron chi connectivity index (χ4n) is 4.81. The molecule has 1 aliphatic heterocycles. The molecule has 0 spiro atoms. The first-order valence-electron chi connectivity index (χ1n) is 10.7. The lowest BCUT2D eigenvalue weighted by Crippen LogP contribution is -2.48. The number of anilines is 1. The van der Waals surface area contributed by atoms with Crippen LogP contribution in [0, 0.1) is 5.92 Å². The van der Waals surface area contributed by atoms with Gasteiger partial charge in [-0.3, -0.25) is 4.79 Å². The van der Waals surface area contributed by atoms with Gasteiger partial charge in [-0.25, -0.2) is 4.68 Å². The van der Waals surface area contributed by atoms with Crippen LogP contribution in [0.15, 0.2) is 42.5 Å². The van der Waals surface area contributed by atoms with Crippen molar-refractivity contribution in [3.8, 4) is 28.6 Å². The van der Waals surface area contributed by atoms with Crippen LogP contribution in [0.4, 0.5) is 5.95 Å². The number of aromatic nitrogens is 3. The summed E-state index contributed by atoms with van der Waals surface area (Å²) < 4.78 is 18.1. The Morgan fingerprint density at radius 3 is 2.50 bits per heavy atom. The van der Waals surface area contributed by atoms with Crippen LogP contribution < -0.4 is 19.5 Å². The van der Waals surface area contributed by atoms with E-state index < -0.39 is 0 Å². The van der Waals surface area contributed by atoms with Crippen molar-refractivity contribution in [3.63, 3.8) is 0 Å². The van der Waals surface area contributed by atoms with E-state index in [0.29, 0.717) is 29.7 Å². The molecular weight excluding hydrogens is 408 g/mol. The van der Waals surface area contributed by atoms with Crippen LogP contribution in [0.3, 0.4) is 0 Å². The maximum absolute atomic E-state index is 13.1. The Bertz CT molecular complexity index is 1140. The monoisotopic (exact) mass is 434 g/mol. The summed E-state index contributed by atoms with van der Waals surface area (Å²) in [6, 6.07) is 13.2. The highest BCUT2D eigenvalue weighted by Crippen LogP contribution is 2.43. The number of carbonyl (C=O) groups excluding carboxylic acids is 1. The summed E-state index contributed by atoms with van der Waals surface area (Å²) in [6.07, 6.45) is 2.39. The van der Waals surface area contributed by atoms with Gasteiger partial charge in [-0.2, -0.15) is 4.98 Å². The topological polar surface area (TPSA) is 87.5 Å². The SMILES string of the molecule is COc1ccc(-c2nc3n(n2)C(c2ccc(OC)c(OC)c2)C2C(=O)CCCC2N3)cc1. The van der Waals surface area contributed by atoms with Gasteiger partial charge >= 0.3 is 0 Å². The minimum absolute atomic E-state index is 0.0229. The molecular formula is C24H26N4O4. The van der Waals surface area contributed by atoms with E-state index in [0.717, 1.165) is 29.7 Å². The summed E-state index contributed by atoms with van der Waals surface area (Å²) >= 11 is 0. The summed E-state index contributed by atoms with van der Waals surface area (Å²) in [5.41, 5.74) is 1.83. The minimum Gasteiger partial charge on any atom is -0.497 e. The number of rotatable bonds is 5. The van der Waals surface area contributed by atoms with E-state index in [1.54, 1.807) is 21.3 Å². The second kappa shape index (κ2) is 8.18. The maximum Gasteiger partial charge on any atom is 0.222 e. The van der Waals surface area contributed by atoms with Gasteiger partial charge in [0.2, 0.25) is 5.95 Å². The highest BCUT2D eigenvalue weighted by molar-refractivity contribution is 5.84. The fraction of sp³-hybridized carbons (Fsp3) is 0.375. The smallest absolute Gasteiger partial charge is 0.222 e. The van der Waals surface area contributed by atoms with Gasteiger partial charge in [0.1, 0.15) is 11.5 Å². The van der Waals surface area contributed by atoms with Crippen molar-refractivity contribution in [3.05, 3.63) is 48.0 Å². The third kappa shape index (κ3) is 3.36. The number of hydrogen-bond donors (Lipinski definition) is 1. The van der Waals surface area contributed by atoms with Crippen LogP contribution in [0.2, 0.25) is 0 Å². The summed E-state index contributed by atoms with van der Waals surface area (Å²) in [6.45, 7) is 0. The molecule has 3 atom stereocenters. The molecule has 0 bridgehead atoms. The molecule has 1 saturated carbocycles. The molecule has 1 aromatic heterocycles. The molecule has 3 aromatic rings. The second-order valence-electron chi connectivity index (χ2n) is 8.13. The zero-order valence-corrected chi connectivity index (χ0v) is 18.4. The molecule has 32 heavy (non-hydrogen) atoms. The highest BCUT2D eigenvalue weighted by Gasteiger charge is 2.45. The van der Waals surface area contributed by atoms with E-state index in [4.69, 9.17) is 24.3 Å². The third-order valence-electron chi connectivity index (χ3n) is 6.39. The molecule has 0 radical (unpaired) electrons. The van der Waals surface area contributed by atoms with Gasteiger partial charge in [0.25, 0.3) is 0 Å². The molecule has 2 aliphatic rings. The molecule has 1 fully saturated rings. The van der Waals surface area contributed by atoms with Crippen LogP contribution in [-0.2, 0) is 4.79 Å². The maximum atomic E-state index is 13.1. The molecule has 0 amide bonds. The first-order chi connectivity index (χ1) is 15.6. The Morgan fingerprint density at radius 2 is 1.78 bits per heavy atom. The van der Waals surface area contributed by atoms with Gasteiger partial charge in [-0.05, 0) is 54.8 Å². The number of carbonyl (C=O) groups is 1. The number of ketones is 1. The average Bonchev–Trinajstić information content (AvgIpc) is 3.26. The zero-order chi connectivity index (χ0) is 22.2. The van der Waals surface area contributed by atoms with Crippen molar-refractivity contribution in [1.29, 1.82) is 0 Å². The first-order valence-corrected chi connectivity index (χ1v) is 10.7. The van der Waals surface area contributed by atoms with Crippen LogP contribution in [-0.4, -0.2) is 47.9 Å². The number of Topliss-reactive ketones (excluding diaryl/α,β-unsaturated/α-hetero) is 1. The number of nitrogens with one attached hydrogen (secondary N) is 1. The number of nitrogens with zero attached hydrogens (tertiary/aromatic N) is 3. The average molecular weight is 434 g/mol. The molecule has 5 rings (SSSR count). The first kappa shape index (κ1) is 20.4. The van der Waals surface area contributed by atoms with Gasteiger partial charge in [-0.1, -0.05) is 6.07 Å². The fourth-order valence-corrected chi connectivity index (χ4v) is 4.81. The Kier molecular flexibility index (Phi) is 5.20. The van der Waals surface area contributed by atoms with Crippen molar-refractivity contribution in [1.82, 2.24) is 14.8 Å². The summed E-state index contributed by atoms with van der Waals surface area (Å²) in [5.74, 6) is 3.35. The predicted octanol–water partition coefficient (Wildman–Crippen LogP) is 3.72. The van der Waals surface area contributed by atoms with Crippen LogP contribution >= 0.6 is 0 Å². The van der Waals surface area contributed by atoms with Gasteiger partial charge in [0.05, 0.1) is 33.3 Å². The minimum atomic E-state index is -0.275. The van der Waals surface area contributed by atoms with E-state index in [2.05, 4.69) is 5.32 Å². The summed E-state index contributed by atoms with van der Waals surface area (Å²) in [5, 5.41) is 8.32. The molecule has 1 aliphatic carbocycles. The summed E-state index contributed by atoms with van der Waals surface area (Å²) in [7, 11) is 4.86. The van der Waals surface area contributed by atoms with E-state index in [-0.39, 0.29) is 23.8 Å². The van der Waals surface area contributed by atoms with E-state index in [1.807, 2.05) is 47.1 Å². The van der Waals surface area contributed by atoms with Crippen molar-refractivity contribution in [2.75, 3.05) is 26.6 Å². The normalized spacial score (nSPS) is 21.8. The Morgan fingerprint density at radius 1 is 1.00 bits per heavy atom. The lowest BCUT2D eigenvalue weighted by molar-refractivity contribution is -0.126. The highest BCUT2D eigenvalue weighted by atomic mass is 16.5. The second-order valence-corrected chi connectivity index (χ2v) is 8.13. The molecule has 0 saturated heterocycles. The molecule has 8 heteroatoms. The van der Waals surface area contributed by atoms with Crippen LogP contribution in [0.5, 0.6) is 17.2 Å². The largest absolute Gasteiger partial charge is 0.497 e. The Labute approximate surface area is 186 Å². The van der Waals surface area contributed by atoms with E-state index in [1.165, 1.54) is 0 Å². The lowest BCUT2D eigenvalue weighted by atomic mass is 9.75. The summed E-state index contributed by atoms with van der Waals surface area (Å²) in [4.78, 5) is 17.9. The van der Waals surface area contributed by atoms with Gasteiger partial charge in [-0.15, -0.1) is 5.10 Å². The molecule has 2 aromatic carbocycles. The number of methoxy groups -OCH3 is 3. The molecule has 166 valence electrons. The molecule has 3 unspecified atom stereocenters. The quantitative estimate of drug-likeness (QED) is 0.655. The van der Waals surface area contributed by atoms with Crippen molar-refractivity contribution >= 4 is 11.7 Å². The van der Waals surface area contributed by atoms with E-state index >= 15 is 0 Å². The number of ether oxygens (including phenoxy) is 3.